The van der Waals surface area contributed by atoms with Crippen LogP contribution in [0.3, 0.4) is 0 Å². The zero-order valence-corrected chi connectivity index (χ0v) is 1.99. The van der Waals surface area contributed by atoms with E-state index in [1.807, 2.05) is 5.92 Å². The van der Waals surface area contributed by atoms with E-state index in [0.717, 1.165) is 0 Å². The van der Waals surface area contributed by atoms with E-state index < -0.39 is 0 Å². The molecule has 0 aliphatic carbocycles. The van der Waals surface area contributed by atoms with E-state index in [0.29, 0.717) is 6.29 Å². The Labute approximate surface area is 26.0 Å². The van der Waals surface area contributed by atoms with Crippen molar-refractivity contribution in [2.24, 2.45) is 0 Å². The first-order chi connectivity index (χ1) is 2.41. The molecule has 0 aromatic rings. The third-order valence-electron chi connectivity index (χ3n) is 0.0589. The zero-order chi connectivity index (χ0) is 4.12. The molecule has 0 saturated heterocycles. The van der Waals surface area contributed by atoms with Crippen molar-refractivity contribution in [2.45, 2.75) is 0 Å². The maximum Gasteiger partial charge on any atom is 0.192 e. The third-order valence-corrected chi connectivity index (χ3v) is 0.0589. The Hall–Kier alpha value is -0.770. The van der Waals surface area contributed by atoms with Crippen LogP contribution in [0.15, 0.2) is 0 Å². The summed E-state index contributed by atoms with van der Waals surface area (Å²) in [5.41, 5.74) is 0. The van der Waals surface area contributed by atoms with Crippen LogP contribution in [-0.2, 0) is 4.79 Å². The quantitative estimate of drug-likeness (QED) is 0.277. The van der Waals surface area contributed by atoms with Crippen molar-refractivity contribution < 1.29 is 6.17 Å². The molecule has 0 N–H and O–H groups in total. The fraction of sp³-hybridized carbons (Fsp3) is 0. The van der Waals surface area contributed by atoms with Gasteiger partial charge in [-0.25, -0.2) is 0 Å². The van der Waals surface area contributed by atoms with E-state index in [4.69, 9.17) is 6.17 Å². The average Bonchev–Trinajstić information content (AvgIpc) is 1.41. The van der Waals surface area contributed by atoms with Crippen molar-refractivity contribution in [2.75, 3.05) is 0 Å². The van der Waals surface area contributed by atoms with Gasteiger partial charge in [-0.05, 0) is 5.92 Å². The number of carbonyl (C=O) groups is 1. The standard InChI is InChI=1S/C3H2O/c1-2-3-4/h1,3H/i1D. The lowest BCUT2D eigenvalue weighted by Crippen LogP contribution is -1.46. The fourth-order valence-electron chi connectivity index (χ4n) is 0. The molecule has 0 atom stereocenters. The Kier molecular flexibility index (Phi) is 0.858. The summed E-state index contributed by atoms with van der Waals surface area (Å²) in [7, 11) is 0. The van der Waals surface area contributed by atoms with Crippen LogP contribution in [0.1, 0.15) is 1.37 Å². The van der Waals surface area contributed by atoms with E-state index in [2.05, 4.69) is 0 Å². The molecule has 20 valence electrons. The molecule has 0 amide bonds. The maximum atomic E-state index is 9.11. The number of carbonyl (C=O) groups excluding carboxylic acids is 1. The van der Waals surface area contributed by atoms with Gasteiger partial charge in [0.2, 0.25) is 0 Å². The summed E-state index contributed by atoms with van der Waals surface area (Å²) in [6.45, 7) is 0. The molecular weight excluding hydrogens is 52.0 g/mol. The van der Waals surface area contributed by atoms with Gasteiger partial charge in [-0.3, -0.25) is 4.79 Å². The molecule has 0 saturated carbocycles. The van der Waals surface area contributed by atoms with Gasteiger partial charge in [-0.2, -0.15) is 0 Å². The van der Waals surface area contributed by atoms with Crippen molar-refractivity contribution in [3.63, 3.8) is 0 Å². The summed E-state index contributed by atoms with van der Waals surface area (Å²) in [5.74, 6) is 1.85. The first kappa shape index (κ1) is 1.54. The minimum absolute atomic E-state index is 0.382. The smallest absolute Gasteiger partial charge is 0.192 e. The molecule has 0 fully saturated rings. The second-order valence-corrected chi connectivity index (χ2v) is 0.262. The molecule has 0 heterocycles. The van der Waals surface area contributed by atoms with E-state index in [-0.39, 0.29) is 0 Å². The van der Waals surface area contributed by atoms with Crippen LogP contribution in [0.5, 0.6) is 0 Å². The molecule has 1 heteroatoms. The lowest BCUT2D eigenvalue weighted by molar-refractivity contribution is -0.103. The lowest BCUT2D eigenvalue weighted by Gasteiger charge is -1.31. The second kappa shape index (κ2) is 2.23. The molecule has 0 bridgehead atoms. The topological polar surface area (TPSA) is 17.1 Å². The van der Waals surface area contributed by atoms with Crippen LogP contribution in [0.4, 0.5) is 0 Å². The maximum absolute atomic E-state index is 9.11. The van der Waals surface area contributed by atoms with Crippen LogP contribution in [-0.4, -0.2) is 6.29 Å². The molecule has 0 radical (unpaired) electrons. The second-order valence-electron chi connectivity index (χ2n) is 0.262. The van der Waals surface area contributed by atoms with Crippen molar-refractivity contribution >= 4 is 6.29 Å². The molecule has 1 nitrogen and oxygen atoms in total. The first-order valence-corrected chi connectivity index (χ1v) is 0.774. The molecule has 0 aromatic carbocycles. The predicted octanol–water partition coefficient (Wildman–Crippen LogP) is -0.181. The summed E-state index contributed by atoms with van der Waals surface area (Å²) in [6, 6.07) is 0. The number of hydrogen-bond donors (Lipinski definition) is 0. The van der Waals surface area contributed by atoms with E-state index in [1.165, 1.54) is 0 Å². The highest BCUT2D eigenvalue weighted by Gasteiger charge is 1.36. The zero-order valence-electron chi connectivity index (χ0n) is 2.99. The van der Waals surface area contributed by atoms with Crippen molar-refractivity contribution in [1.82, 2.24) is 0 Å². The van der Waals surface area contributed by atoms with Gasteiger partial charge in [0, 0.05) is 0 Å². The van der Waals surface area contributed by atoms with Crippen LogP contribution in [0.25, 0.3) is 0 Å². The highest BCUT2D eigenvalue weighted by molar-refractivity contribution is 5.71. The molecule has 0 unspecified atom stereocenters. The van der Waals surface area contributed by atoms with Crippen LogP contribution >= 0.6 is 0 Å². The van der Waals surface area contributed by atoms with Gasteiger partial charge in [-0.1, -0.05) is 0 Å². The summed E-state index contributed by atoms with van der Waals surface area (Å²) in [6.07, 6.45) is 2.03. The van der Waals surface area contributed by atoms with Gasteiger partial charge in [0.15, 0.2) is 6.29 Å². The Balaban J connectivity index is 3.16. The van der Waals surface area contributed by atoms with Crippen LogP contribution in [0.2, 0.25) is 0 Å². The van der Waals surface area contributed by atoms with Gasteiger partial charge < -0.3 is 0 Å². The SMILES string of the molecule is [2H]C#CC=O. The summed E-state index contributed by atoms with van der Waals surface area (Å²) in [4.78, 5) is 9.11. The van der Waals surface area contributed by atoms with Gasteiger partial charge >= 0.3 is 0 Å². The van der Waals surface area contributed by atoms with Gasteiger partial charge in [-0.15, -0.1) is 6.40 Å². The summed E-state index contributed by atoms with van der Waals surface area (Å²) in [5, 5.41) is 0. The number of aldehydes is 1. The Morgan fingerprint density at radius 3 is 3.25 bits per heavy atom. The Bertz CT molecular complexity index is 76.6. The minimum Gasteiger partial charge on any atom is -0.289 e. The van der Waals surface area contributed by atoms with Crippen molar-refractivity contribution in [3.05, 3.63) is 0 Å². The Morgan fingerprint density at radius 1 is 2.50 bits per heavy atom. The van der Waals surface area contributed by atoms with Crippen molar-refractivity contribution in [3.8, 4) is 12.3 Å². The molecule has 0 aromatic heterocycles. The summed E-state index contributed by atoms with van der Waals surface area (Å²) < 4.78 is 6.01. The third kappa shape index (κ3) is 1.23. The molecule has 0 spiro atoms. The molecular formula is C3H2O. The Morgan fingerprint density at radius 2 is 3.25 bits per heavy atom. The van der Waals surface area contributed by atoms with E-state index in [1.54, 1.807) is 6.40 Å². The molecule has 0 aliphatic heterocycles. The number of terminal acetylenes is 1. The van der Waals surface area contributed by atoms with E-state index in [9.17, 15) is 0 Å². The van der Waals surface area contributed by atoms with E-state index >= 15 is 0 Å². The molecule has 0 rings (SSSR count). The number of hydrogen-bond acceptors (Lipinski definition) is 1. The normalized spacial score (nSPS) is 5.50. The lowest BCUT2D eigenvalue weighted by atomic mass is 10.8. The minimum atomic E-state index is 0.382. The summed E-state index contributed by atoms with van der Waals surface area (Å²) >= 11 is 0. The van der Waals surface area contributed by atoms with Gasteiger partial charge in [0.1, 0.15) is 1.37 Å². The average molecular weight is 55.1 g/mol. The van der Waals surface area contributed by atoms with Crippen molar-refractivity contribution in [1.29, 1.82) is 0 Å². The van der Waals surface area contributed by atoms with Gasteiger partial charge in [0.05, 0.1) is 0 Å². The highest BCUT2D eigenvalue weighted by atomic mass is 16.1. The largest absolute Gasteiger partial charge is 0.289 e. The van der Waals surface area contributed by atoms with Crippen LogP contribution in [0, 0.1) is 12.3 Å². The van der Waals surface area contributed by atoms with Crippen LogP contribution < -0.4 is 0 Å². The monoisotopic (exact) mass is 55.0 g/mol. The highest BCUT2D eigenvalue weighted by Crippen LogP contribution is 1.19. The molecule has 0 aliphatic rings. The first-order valence-electron chi connectivity index (χ1n) is 1.27. The number of rotatable bonds is 0. The fourth-order valence-corrected chi connectivity index (χ4v) is 0. The predicted molar refractivity (Wildman–Crippen MR) is 14.9 cm³/mol. The molecule has 4 heavy (non-hydrogen) atoms. The van der Waals surface area contributed by atoms with Gasteiger partial charge in [0.25, 0.3) is 0 Å².